The predicted molar refractivity (Wildman–Crippen MR) is 84.7 cm³/mol. The van der Waals surface area contributed by atoms with Gasteiger partial charge < -0.3 is 5.32 Å². The van der Waals surface area contributed by atoms with Crippen LogP contribution in [0.3, 0.4) is 0 Å². The topological polar surface area (TPSA) is 52.7 Å². The molecule has 2 saturated heterocycles. The summed E-state index contributed by atoms with van der Waals surface area (Å²) in [6.45, 7) is 4.05. The van der Waals surface area contributed by atoms with Gasteiger partial charge >= 0.3 is 6.03 Å². The van der Waals surface area contributed by atoms with E-state index in [-0.39, 0.29) is 18.0 Å². The van der Waals surface area contributed by atoms with Crippen molar-refractivity contribution < 1.29 is 9.59 Å². The highest BCUT2D eigenvalue weighted by atomic mass is 35.5. The van der Waals surface area contributed by atoms with Crippen LogP contribution in [0.2, 0.25) is 5.02 Å². The Bertz CT molecular complexity index is 587. The maximum atomic E-state index is 12.2. The van der Waals surface area contributed by atoms with E-state index in [9.17, 15) is 9.59 Å². The fraction of sp³-hybridized carbons (Fsp3) is 0.500. The number of rotatable bonds is 4. The van der Waals surface area contributed by atoms with Gasteiger partial charge in [-0.15, -0.1) is 0 Å². The van der Waals surface area contributed by atoms with E-state index in [0.29, 0.717) is 11.6 Å². The molecule has 0 saturated carbocycles. The van der Waals surface area contributed by atoms with Crippen LogP contribution in [-0.4, -0.2) is 47.4 Å². The highest BCUT2D eigenvalue weighted by molar-refractivity contribution is 6.30. The summed E-state index contributed by atoms with van der Waals surface area (Å²) in [4.78, 5) is 27.8. The number of hydrogen-bond acceptors (Lipinski definition) is 3. The quantitative estimate of drug-likeness (QED) is 0.867. The Morgan fingerprint density at radius 1 is 1.32 bits per heavy atom. The lowest BCUT2D eigenvalue weighted by Gasteiger charge is -2.30. The molecule has 0 unspecified atom stereocenters. The van der Waals surface area contributed by atoms with E-state index in [1.54, 1.807) is 6.92 Å². The molecule has 6 heteroatoms. The molecule has 0 aliphatic carbocycles. The largest absolute Gasteiger partial charge is 0.326 e. The third-order valence-electron chi connectivity index (χ3n) is 4.39. The monoisotopic (exact) mass is 321 g/mol. The average molecular weight is 322 g/mol. The molecule has 118 valence electrons. The van der Waals surface area contributed by atoms with Gasteiger partial charge in [0.05, 0.1) is 12.6 Å². The number of halogens is 1. The van der Waals surface area contributed by atoms with Crippen molar-refractivity contribution in [1.29, 1.82) is 0 Å². The second-order valence-corrected chi connectivity index (χ2v) is 6.37. The zero-order chi connectivity index (χ0) is 15.7. The highest BCUT2D eigenvalue weighted by Gasteiger charge is 2.38. The third-order valence-corrected chi connectivity index (χ3v) is 4.63. The molecular formula is C16H20ClN3O2. The van der Waals surface area contributed by atoms with Crippen LogP contribution in [0.5, 0.6) is 0 Å². The molecule has 0 bridgehead atoms. The van der Waals surface area contributed by atoms with Crippen molar-refractivity contribution in [2.24, 2.45) is 0 Å². The molecule has 1 aromatic rings. The molecule has 0 spiro atoms. The molecule has 2 aliphatic rings. The minimum Gasteiger partial charge on any atom is -0.326 e. The molecule has 2 heterocycles. The van der Waals surface area contributed by atoms with Crippen LogP contribution in [0.4, 0.5) is 4.79 Å². The smallest absolute Gasteiger partial charge is 0.324 e. The first kappa shape index (κ1) is 15.3. The summed E-state index contributed by atoms with van der Waals surface area (Å²) in [5, 5.41) is 3.34. The first-order chi connectivity index (χ1) is 10.6. The Labute approximate surface area is 135 Å². The van der Waals surface area contributed by atoms with E-state index in [2.05, 4.69) is 10.2 Å². The van der Waals surface area contributed by atoms with Crippen LogP contribution in [-0.2, 0) is 4.79 Å². The van der Waals surface area contributed by atoms with Crippen LogP contribution in [0, 0.1) is 0 Å². The van der Waals surface area contributed by atoms with Gasteiger partial charge in [0.1, 0.15) is 6.04 Å². The van der Waals surface area contributed by atoms with Crippen molar-refractivity contribution in [2.75, 3.05) is 19.6 Å². The number of nitrogens with one attached hydrogen (secondary N) is 1. The van der Waals surface area contributed by atoms with Gasteiger partial charge in [0, 0.05) is 5.02 Å². The maximum absolute atomic E-state index is 12.2. The molecule has 0 radical (unpaired) electrons. The Hall–Kier alpha value is -1.59. The molecule has 1 N–H and O–H groups in total. The molecule has 2 atom stereocenters. The number of urea groups is 1. The van der Waals surface area contributed by atoms with Gasteiger partial charge in [-0.1, -0.05) is 23.7 Å². The van der Waals surface area contributed by atoms with E-state index in [1.165, 1.54) is 4.90 Å². The number of imide groups is 1. The van der Waals surface area contributed by atoms with E-state index in [4.69, 9.17) is 11.6 Å². The Morgan fingerprint density at radius 3 is 2.64 bits per heavy atom. The summed E-state index contributed by atoms with van der Waals surface area (Å²) in [5.41, 5.74) is 1.05. The number of hydrogen-bond donors (Lipinski definition) is 1. The van der Waals surface area contributed by atoms with Gasteiger partial charge in [-0.05, 0) is 50.6 Å². The SMILES string of the molecule is C[C@@H]1NC(=O)N(C[C@@H](c2cccc(Cl)c2)N2CCCC2)C1=O. The molecule has 22 heavy (non-hydrogen) atoms. The number of carbonyl (C=O) groups is 2. The van der Waals surface area contributed by atoms with E-state index in [1.807, 2.05) is 24.3 Å². The lowest BCUT2D eigenvalue weighted by Crippen LogP contribution is -2.40. The van der Waals surface area contributed by atoms with Gasteiger partial charge in [0.25, 0.3) is 5.91 Å². The normalized spacial score (nSPS) is 23.9. The third kappa shape index (κ3) is 2.96. The number of nitrogens with zero attached hydrogens (tertiary/aromatic N) is 2. The highest BCUT2D eigenvalue weighted by Crippen LogP contribution is 2.28. The van der Waals surface area contributed by atoms with Crippen molar-refractivity contribution in [3.8, 4) is 0 Å². The van der Waals surface area contributed by atoms with Crippen LogP contribution in [0.15, 0.2) is 24.3 Å². The summed E-state index contributed by atoms with van der Waals surface area (Å²) in [6.07, 6.45) is 2.29. The van der Waals surface area contributed by atoms with Crippen molar-refractivity contribution in [1.82, 2.24) is 15.1 Å². The number of carbonyl (C=O) groups excluding carboxylic acids is 2. The minimum atomic E-state index is -0.439. The molecule has 0 aromatic heterocycles. The maximum Gasteiger partial charge on any atom is 0.324 e. The Morgan fingerprint density at radius 2 is 2.05 bits per heavy atom. The number of benzene rings is 1. The Kier molecular flexibility index (Phi) is 4.36. The van der Waals surface area contributed by atoms with E-state index in [0.717, 1.165) is 31.5 Å². The van der Waals surface area contributed by atoms with Gasteiger partial charge in [-0.25, -0.2) is 4.79 Å². The lowest BCUT2D eigenvalue weighted by molar-refractivity contribution is -0.127. The zero-order valence-corrected chi connectivity index (χ0v) is 13.3. The van der Waals surface area contributed by atoms with Gasteiger partial charge in [-0.2, -0.15) is 0 Å². The fourth-order valence-electron chi connectivity index (χ4n) is 3.20. The van der Waals surface area contributed by atoms with E-state index < -0.39 is 6.04 Å². The first-order valence-corrected chi connectivity index (χ1v) is 8.05. The predicted octanol–water partition coefficient (Wildman–Crippen LogP) is 2.42. The number of likely N-dealkylation sites (tertiary alicyclic amines) is 1. The number of amides is 3. The average Bonchev–Trinajstić information content (AvgIpc) is 3.08. The molecular weight excluding hydrogens is 302 g/mol. The Balaban J connectivity index is 1.86. The van der Waals surface area contributed by atoms with Crippen LogP contribution in [0.1, 0.15) is 31.4 Å². The van der Waals surface area contributed by atoms with Gasteiger partial charge in [0.2, 0.25) is 0 Å². The summed E-state index contributed by atoms with van der Waals surface area (Å²) >= 11 is 6.11. The molecule has 1 aromatic carbocycles. The van der Waals surface area contributed by atoms with Crippen molar-refractivity contribution in [2.45, 2.75) is 31.8 Å². The molecule has 3 rings (SSSR count). The fourth-order valence-corrected chi connectivity index (χ4v) is 3.40. The molecule has 2 aliphatic heterocycles. The standard InChI is InChI=1S/C16H20ClN3O2/c1-11-15(21)20(16(22)18-11)10-14(19-7-2-3-8-19)12-5-4-6-13(17)9-12/h4-6,9,11,14H,2-3,7-8,10H2,1H3,(H,18,22)/t11-,14-/m0/s1. The van der Waals surface area contributed by atoms with Crippen molar-refractivity contribution in [3.63, 3.8) is 0 Å². The minimum absolute atomic E-state index is 0.00111. The summed E-state index contributed by atoms with van der Waals surface area (Å²) in [6, 6.07) is 6.94. The van der Waals surface area contributed by atoms with Crippen LogP contribution >= 0.6 is 11.6 Å². The second-order valence-electron chi connectivity index (χ2n) is 5.93. The molecule has 2 fully saturated rings. The molecule has 5 nitrogen and oxygen atoms in total. The summed E-state index contributed by atoms with van der Waals surface area (Å²) in [7, 11) is 0. The van der Waals surface area contributed by atoms with Crippen molar-refractivity contribution in [3.05, 3.63) is 34.9 Å². The van der Waals surface area contributed by atoms with Crippen LogP contribution < -0.4 is 5.32 Å². The lowest BCUT2D eigenvalue weighted by atomic mass is 10.0. The van der Waals surface area contributed by atoms with E-state index >= 15 is 0 Å². The summed E-state index contributed by atoms with van der Waals surface area (Å²) < 4.78 is 0. The summed E-state index contributed by atoms with van der Waals surface area (Å²) in [5.74, 6) is -0.156. The van der Waals surface area contributed by atoms with Crippen molar-refractivity contribution >= 4 is 23.5 Å². The first-order valence-electron chi connectivity index (χ1n) is 7.67. The zero-order valence-electron chi connectivity index (χ0n) is 12.6. The second kappa shape index (κ2) is 6.26. The van der Waals surface area contributed by atoms with Gasteiger partial charge in [-0.3, -0.25) is 14.6 Å². The van der Waals surface area contributed by atoms with Gasteiger partial charge in [0.15, 0.2) is 0 Å². The van der Waals surface area contributed by atoms with Crippen LogP contribution in [0.25, 0.3) is 0 Å². The molecule has 3 amide bonds.